The lowest BCUT2D eigenvalue weighted by Gasteiger charge is -2.22. The molecule has 0 spiro atoms. The molecule has 1 heterocycles. The maximum absolute atomic E-state index is 9.16. The molecule has 0 saturated heterocycles. The first-order valence-electron chi connectivity index (χ1n) is 5.63. The minimum Gasteiger partial charge on any atom is -0.300 e. The molecule has 0 aliphatic heterocycles. The molecule has 0 bridgehead atoms. The van der Waals surface area contributed by atoms with E-state index >= 15 is 0 Å². The number of aromatic nitrogens is 4. The van der Waals surface area contributed by atoms with Crippen LogP contribution >= 0.6 is 11.8 Å². The highest BCUT2D eigenvalue weighted by molar-refractivity contribution is 7.99. The number of nitrogens with zero attached hydrogens (tertiary/aromatic N) is 5. The predicted molar refractivity (Wildman–Crippen MR) is 66.5 cm³/mol. The van der Waals surface area contributed by atoms with Crippen LogP contribution in [0.5, 0.6) is 0 Å². The monoisotopic (exact) mass is 254 g/mol. The van der Waals surface area contributed by atoms with Gasteiger partial charge in [0.15, 0.2) is 0 Å². The molecule has 0 radical (unpaired) electrons. The van der Waals surface area contributed by atoms with Crippen molar-refractivity contribution in [2.75, 3.05) is 12.3 Å². The molecule has 17 heavy (non-hydrogen) atoms. The Morgan fingerprint density at radius 1 is 1.59 bits per heavy atom. The molecule has 0 amide bonds. The number of rotatable bonds is 7. The molecule has 0 aliphatic carbocycles. The molecule has 1 unspecified atom stereocenters. The molecule has 1 aromatic rings. The Bertz CT molecular complexity index is 384. The van der Waals surface area contributed by atoms with E-state index in [-0.39, 0.29) is 0 Å². The molecule has 0 aliphatic rings. The SMILES string of the molecule is CCCNC(C)(C#N)CCSc1nnnn1C. The minimum atomic E-state index is -0.463. The molecule has 1 atom stereocenters. The van der Waals surface area contributed by atoms with Crippen LogP contribution in [0.3, 0.4) is 0 Å². The first-order valence-corrected chi connectivity index (χ1v) is 6.61. The second-order valence-corrected chi connectivity index (χ2v) is 5.12. The average molecular weight is 254 g/mol. The first-order chi connectivity index (χ1) is 8.11. The fourth-order valence-electron chi connectivity index (χ4n) is 1.27. The van der Waals surface area contributed by atoms with Crippen molar-refractivity contribution in [1.82, 2.24) is 25.5 Å². The smallest absolute Gasteiger partial charge is 0.209 e. The molecule has 1 N–H and O–H groups in total. The Morgan fingerprint density at radius 2 is 2.35 bits per heavy atom. The maximum atomic E-state index is 9.16. The van der Waals surface area contributed by atoms with Crippen molar-refractivity contribution >= 4 is 11.8 Å². The van der Waals surface area contributed by atoms with Gasteiger partial charge in [0.05, 0.1) is 6.07 Å². The Hall–Kier alpha value is -1.13. The molecule has 1 rings (SSSR count). The molecule has 0 fully saturated rings. The van der Waals surface area contributed by atoms with Crippen LogP contribution in [0.25, 0.3) is 0 Å². The lowest BCUT2D eigenvalue weighted by Crippen LogP contribution is -2.41. The highest BCUT2D eigenvalue weighted by atomic mass is 32.2. The van der Waals surface area contributed by atoms with Crippen LogP contribution in [0.4, 0.5) is 0 Å². The number of thioether (sulfide) groups is 1. The van der Waals surface area contributed by atoms with Gasteiger partial charge in [-0.25, -0.2) is 4.68 Å². The summed E-state index contributed by atoms with van der Waals surface area (Å²) in [6.45, 7) is 4.88. The number of tetrazole rings is 1. The molecule has 94 valence electrons. The minimum absolute atomic E-state index is 0.463. The van der Waals surface area contributed by atoms with Crippen LogP contribution in [0.2, 0.25) is 0 Å². The van der Waals surface area contributed by atoms with E-state index in [0.717, 1.165) is 30.3 Å². The summed E-state index contributed by atoms with van der Waals surface area (Å²) in [5, 5.41) is 24.4. The third kappa shape index (κ3) is 4.32. The van der Waals surface area contributed by atoms with E-state index < -0.39 is 5.54 Å². The normalized spacial score (nSPS) is 14.2. The third-order valence-electron chi connectivity index (χ3n) is 2.43. The van der Waals surface area contributed by atoms with Gasteiger partial charge >= 0.3 is 0 Å². The van der Waals surface area contributed by atoms with Crippen molar-refractivity contribution in [2.24, 2.45) is 7.05 Å². The summed E-state index contributed by atoms with van der Waals surface area (Å²) in [5.41, 5.74) is -0.463. The zero-order valence-corrected chi connectivity index (χ0v) is 11.3. The van der Waals surface area contributed by atoms with Gasteiger partial charge in [0.2, 0.25) is 5.16 Å². The second-order valence-electron chi connectivity index (χ2n) is 4.05. The average Bonchev–Trinajstić information content (AvgIpc) is 2.73. The number of hydrogen-bond donors (Lipinski definition) is 1. The van der Waals surface area contributed by atoms with Gasteiger partial charge in [-0.15, -0.1) is 5.10 Å². The summed E-state index contributed by atoms with van der Waals surface area (Å²) >= 11 is 1.57. The largest absolute Gasteiger partial charge is 0.300 e. The molecular formula is C10H18N6S. The third-order valence-corrected chi connectivity index (χ3v) is 3.44. The van der Waals surface area contributed by atoms with Gasteiger partial charge in [0.1, 0.15) is 5.54 Å². The fraction of sp³-hybridized carbons (Fsp3) is 0.800. The van der Waals surface area contributed by atoms with E-state index in [1.165, 1.54) is 0 Å². The molecule has 1 aromatic heterocycles. The van der Waals surface area contributed by atoms with E-state index in [4.69, 9.17) is 5.26 Å². The summed E-state index contributed by atoms with van der Waals surface area (Å²) in [7, 11) is 1.81. The van der Waals surface area contributed by atoms with Crippen LogP contribution < -0.4 is 5.32 Å². The van der Waals surface area contributed by atoms with Crippen molar-refractivity contribution in [3.8, 4) is 6.07 Å². The van der Waals surface area contributed by atoms with Gasteiger partial charge in [-0.05, 0) is 36.7 Å². The summed E-state index contributed by atoms with van der Waals surface area (Å²) in [4.78, 5) is 0. The predicted octanol–water partition coefficient (Wildman–Crippen LogP) is 0.974. The Morgan fingerprint density at radius 3 is 2.88 bits per heavy atom. The van der Waals surface area contributed by atoms with Crippen molar-refractivity contribution < 1.29 is 0 Å². The Balaban J connectivity index is 2.38. The first kappa shape index (κ1) is 13.9. The van der Waals surface area contributed by atoms with Crippen molar-refractivity contribution in [2.45, 2.75) is 37.4 Å². The lowest BCUT2D eigenvalue weighted by molar-refractivity contribution is 0.437. The zero-order valence-electron chi connectivity index (χ0n) is 10.5. The molecule has 7 heteroatoms. The summed E-state index contributed by atoms with van der Waals surface area (Å²) in [5.74, 6) is 0.814. The van der Waals surface area contributed by atoms with Crippen molar-refractivity contribution in [1.29, 1.82) is 5.26 Å². The van der Waals surface area contributed by atoms with E-state index in [1.54, 1.807) is 23.5 Å². The van der Waals surface area contributed by atoms with Gasteiger partial charge < -0.3 is 0 Å². The summed E-state index contributed by atoms with van der Waals surface area (Å²) in [6, 6.07) is 2.33. The maximum Gasteiger partial charge on any atom is 0.209 e. The van der Waals surface area contributed by atoms with Gasteiger partial charge in [-0.1, -0.05) is 18.7 Å². The molecule has 0 aromatic carbocycles. The quantitative estimate of drug-likeness (QED) is 0.730. The zero-order chi connectivity index (χ0) is 12.7. The number of nitriles is 1. The van der Waals surface area contributed by atoms with E-state index in [0.29, 0.717) is 0 Å². The second kappa shape index (κ2) is 6.57. The van der Waals surface area contributed by atoms with Crippen LogP contribution in [0.1, 0.15) is 26.7 Å². The standard InChI is InChI=1S/C10H18N6S/c1-4-6-12-10(2,8-11)5-7-17-9-13-14-15-16(9)3/h12H,4-7H2,1-3H3. The van der Waals surface area contributed by atoms with Crippen LogP contribution in [-0.4, -0.2) is 38.0 Å². The van der Waals surface area contributed by atoms with Gasteiger partial charge in [-0.3, -0.25) is 5.32 Å². The summed E-state index contributed by atoms with van der Waals surface area (Å²) in [6.07, 6.45) is 1.79. The van der Waals surface area contributed by atoms with Crippen LogP contribution in [-0.2, 0) is 7.05 Å². The van der Waals surface area contributed by atoms with E-state index in [9.17, 15) is 0 Å². The highest BCUT2D eigenvalue weighted by Crippen LogP contribution is 2.18. The number of aryl methyl sites for hydroxylation is 1. The van der Waals surface area contributed by atoms with E-state index in [1.807, 2.05) is 6.92 Å². The Labute approximate surface area is 106 Å². The summed E-state index contributed by atoms with van der Waals surface area (Å²) < 4.78 is 1.63. The van der Waals surface area contributed by atoms with Gasteiger partial charge in [0, 0.05) is 12.8 Å². The lowest BCUT2D eigenvalue weighted by atomic mass is 10.0. The topological polar surface area (TPSA) is 79.4 Å². The Kier molecular flexibility index (Phi) is 5.38. The van der Waals surface area contributed by atoms with E-state index in [2.05, 4.69) is 33.8 Å². The fourth-order valence-corrected chi connectivity index (χ4v) is 2.29. The molecule has 6 nitrogen and oxygen atoms in total. The molecular weight excluding hydrogens is 236 g/mol. The molecule has 0 saturated carbocycles. The highest BCUT2D eigenvalue weighted by Gasteiger charge is 2.22. The van der Waals surface area contributed by atoms with Crippen molar-refractivity contribution in [3.05, 3.63) is 0 Å². The van der Waals surface area contributed by atoms with Gasteiger partial charge in [0.25, 0.3) is 0 Å². The van der Waals surface area contributed by atoms with Crippen molar-refractivity contribution in [3.63, 3.8) is 0 Å². The number of nitrogens with one attached hydrogen (secondary N) is 1. The van der Waals surface area contributed by atoms with Gasteiger partial charge in [-0.2, -0.15) is 5.26 Å². The van der Waals surface area contributed by atoms with Crippen LogP contribution in [0.15, 0.2) is 5.16 Å². The number of hydrogen-bond acceptors (Lipinski definition) is 6. The van der Waals surface area contributed by atoms with Crippen LogP contribution in [0, 0.1) is 11.3 Å².